The van der Waals surface area contributed by atoms with E-state index in [0.717, 1.165) is 6.42 Å². The molecular formula is C14H17ClN4O3. The topological polar surface area (TPSA) is 85.2 Å². The maximum absolute atomic E-state index is 12.5. The SMILES string of the molecule is CCCn1c(=O)c(NNC(=O)OCC)nc2ccc(Cl)cc21. The maximum Gasteiger partial charge on any atom is 0.425 e. The predicted octanol–water partition coefficient (Wildman–Crippen LogP) is 2.53. The van der Waals surface area contributed by atoms with Gasteiger partial charge in [0.2, 0.25) is 5.82 Å². The molecule has 2 aromatic rings. The van der Waals surface area contributed by atoms with E-state index in [-0.39, 0.29) is 18.0 Å². The summed E-state index contributed by atoms with van der Waals surface area (Å²) < 4.78 is 6.29. The molecule has 0 fully saturated rings. The number of benzene rings is 1. The Kier molecular flexibility index (Phi) is 5.21. The molecule has 7 nitrogen and oxygen atoms in total. The number of carbonyl (C=O) groups is 1. The zero-order chi connectivity index (χ0) is 16.1. The molecule has 0 atom stereocenters. The highest BCUT2D eigenvalue weighted by Gasteiger charge is 2.12. The van der Waals surface area contributed by atoms with Gasteiger partial charge in [-0.2, -0.15) is 0 Å². The second-order valence-corrected chi connectivity index (χ2v) is 4.96. The molecule has 0 bridgehead atoms. The number of hydrogen-bond acceptors (Lipinski definition) is 5. The van der Waals surface area contributed by atoms with Crippen LogP contribution in [0, 0.1) is 0 Å². The molecule has 1 amide bonds. The molecular weight excluding hydrogens is 308 g/mol. The highest BCUT2D eigenvalue weighted by Crippen LogP contribution is 2.18. The van der Waals surface area contributed by atoms with E-state index < -0.39 is 6.09 Å². The lowest BCUT2D eigenvalue weighted by Crippen LogP contribution is -2.35. The van der Waals surface area contributed by atoms with Crippen molar-refractivity contribution in [2.24, 2.45) is 0 Å². The molecule has 0 spiro atoms. The van der Waals surface area contributed by atoms with Crippen LogP contribution in [0.25, 0.3) is 11.0 Å². The van der Waals surface area contributed by atoms with Gasteiger partial charge >= 0.3 is 6.09 Å². The summed E-state index contributed by atoms with van der Waals surface area (Å²) >= 11 is 5.99. The molecule has 118 valence electrons. The van der Waals surface area contributed by atoms with Crippen molar-refractivity contribution in [2.75, 3.05) is 12.0 Å². The minimum atomic E-state index is -0.679. The Bertz CT molecular complexity index is 745. The number of nitrogens with zero attached hydrogens (tertiary/aromatic N) is 2. The highest BCUT2D eigenvalue weighted by atomic mass is 35.5. The Morgan fingerprint density at radius 2 is 2.18 bits per heavy atom. The Morgan fingerprint density at radius 3 is 2.86 bits per heavy atom. The van der Waals surface area contributed by atoms with Gasteiger partial charge in [0.25, 0.3) is 5.56 Å². The van der Waals surface area contributed by atoms with Crippen LogP contribution in [0.15, 0.2) is 23.0 Å². The van der Waals surface area contributed by atoms with Crippen LogP contribution in [0.2, 0.25) is 5.02 Å². The Hall–Kier alpha value is -2.28. The fraction of sp³-hybridized carbons (Fsp3) is 0.357. The van der Waals surface area contributed by atoms with Gasteiger partial charge in [-0.05, 0) is 31.5 Å². The van der Waals surface area contributed by atoms with Crippen molar-refractivity contribution in [1.82, 2.24) is 15.0 Å². The van der Waals surface area contributed by atoms with Gasteiger partial charge < -0.3 is 9.30 Å². The number of amides is 1. The summed E-state index contributed by atoms with van der Waals surface area (Å²) in [5.41, 5.74) is 5.69. The quantitative estimate of drug-likeness (QED) is 0.825. The van der Waals surface area contributed by atoms with Crippen molar-refractivity contribution in [3.05, 3.63) is 33.6 Å². The summed E-state index contributed by atoms with van der Waals surface area (Å²) in [5.74, 6) is 0.0244. The highest BCUT2D eigenvalue weighted by molar-refractivity contribution is 6.31. The molecule has 1 aromatic carbocycles. The second-order valence-electron chi connectivity index (χ2n) is 4.52. The Morgan fingerprint density at radius 1 is 1.41 bits per heavy atom. The number of rotatable bonds is 5. The average molecular weight is 325 g/mol. The summed E-state index contributed by atoms with van der Waals surface area (Å²) in [6.45, 7) is 4.41. The van der Waals surface area contributed by atoms with Crippen LogP contribution >= 0.6 is 11.6 Å². The molecule has 2 N–H and O–H groups in total. The first-order chi connectivity index (χ1) is 10.6. The lowest BCUT2D eigenvalue weighted by atomic mass is 10.3. The number of hydrogen-bond donors (Lipinski definition) is 2. The molecule has 0 aliphatic carbocycles. The van der Waals surface area contributed by atoms with Gasteiger partial charge in [-0.1, -0.05) is 18.5 Å². The summed E-state index contributed by atoms with van der Waals surface area (Å²) in [5, 5.41) is 0.531. The van der Waals surface area contributed by atoms with Crippen LogP contribution in [0.1, 0.15) is 20.3 Å². The van der Waals surface area contributed by atoms with E-state index in [9.17, 15) is 9.59 Å². The van der Waals surface area contributed by atoms with E-state index in [1.165, 1.54) is 0 Å². The maximum atomic E-state index is 12.5. The zero-order valence-corrected chi connectivity index (χ0v) is 13.1. The third kappa shape index (κ3) is 3.48. The third-order valence-corrected chi connectivity index (χ3v) is 3.15. The number of nitrogens with one attached hydrogen (secondary N) is 2. The summed E-state index contributed by atoms with van der Waals surface area (Å²) in [6.07, 6.45) is 0.0953. The van der Waals surface area contributed by atoms with Crippen LogP contribution in [0.5, 0.6) is 0 Å². The number of anilines is 1. The van der Waals surface area contributed by atoms with Crippen molar-refractivity contribution >= 4 is 34.5 Å². The molecule has 8 heteroatoms. The number of hydrazine groups is 1. The first-order valence-corrected chi connectivity index (χ1v) is 7.33. The van der Waals surface area contributed by atoms with E-state index >= 15 is 0 Å². The van der Waals surface area contributed by atoms with E-state index in [2.05, 4.69) is 15.8 Å². The first-order valence-electron chi connectivity index (χ1n) is 6.95. The standard InChI is InChI=1S/C14H17ClN4O3/c1-3-7-19-11-8-9(15)5-6-10(11)16-12(13(19)20)17-18-14(21)22-4-2/h5-6,8H,3-4,7H2,1-2H3,(H,16,17)(H,18,21). The van der Waals surface area contributed by atoms with Gasteiger partial charge in [0, 0.05) is 11.6 Å². The van der Waals surface area contributed by atoms with Gasteiger partial charge in [-0.15, -0.1) is 0 Å². The number of ether oxygens (including phenoxy) is 1. The van der Waals surface area contributed by atoms with Crippen LogP contribution in [0.3, 0.4) is 0 Å². The minimum Gasteiger partial charge on any atom is -0.449 e. The number of fused-ring (bicyclic) bond motifs is 1. The van der Waals surface area contributed by atoms with Gasteiger partial charge in [0.15, 0.2) is 0 Å². The Balaban J connectivity index is 2.43. The molecule has 1 heterocycles. The normalized spacial score (nSPS) is 10.5. The smallest absolute Gasteiger partial charge is 0.425 e. The number of halogens is 1. The summed E-state index contributed by atoms with van der Waals surface area (Å²) in [6, 6.07) is 5.11. The van der Waals surface area contributed by atoms with E-state index in [1.54, 1.807) is 29.7 Å². The molecule has 0 saturated heterocycles. The monoisotopic (exact) mass is 324 g/mol. The van der Waals surface area contributed by atoms with Crippen molar-refractivity contribution in [2.45, 2.75) is 26.8 Å². The fourth-order valence-corrected chi connectivity index (χ4v) is 2.18. The molecule has 0 saturated carbocycles. The van der Waals surface area contributed by atoms with Crippen molar-refractivity contribution < 1.29 is 9.53 Å². The lowest BCUT2D eigenvalue weighted by Gasteiger charge is -2.13. The van der Waals surface area contributed by atoms with Gasteiger partial charge in [-0.25, -0.2) is 15.2 Å². The largest absolute Gasteiger partial charge is 0.449 e. The number of carbonyl (C=O) groups excluding carboxylic acids is 1. The number of aryl methyl sites for hydroxylation is 1. The van der Waals surface area contributed by atoms with Crippen LogP contribution < -0.4 is 16.4 Å². The minimum absolute atomic E-state index is 0.0244. The van der Waals surface area contributed by atoms with Crippen molar-refractivity contribution in [3.63, 3.8) is 0 Å². The Labute approximate surface area is 132 Å². The van der Waals surface area contributed by atoms with E-state index in [1.807, 2.05) is 6.92 Å². The van der Waals surface area contributed by atoms with Gasteiger partial charge in [0.1, 0.15) is 0 Å². The zero-order valence-electron chi connectivity index (χ0n) is 12.4. The first kappa shape index (κ1) is 16.1. The summed E-state index contributed by atoms with van der Waals surface area (Å²) in [7, 11) is 0. The molecule has 0 aliphatic heterocycles. The molecule has 1 aromatic heterocycles. The summed E-state index contributed by atoms with van der Waals surface area (Å²) in [4.78, 5) is 28.0. The third-order valence-electron chi connectivity index (χ3n) is 2.91. The predicted molar refractivity (Wildman–Crippen MR) is 85.1 cm³/mol. The van der Waals surface area contributed by atoms with Gasteiger partial charge in [0.05, 0.1) is 17.6 Å². The molecule has 2 rings (SSSR count). The lowest BCUT2D eigenvalue weighted by molar-refractivity contribution is 0.154. The van der Waals surface area contributed by atoms with Crippen LogP contribution in [-0.4, -0.2) is 22.3 Å². The average Bonchev–Trinajstić information content (AvgIpc) is 2.49. The van der Waals surface area contributed by atoms with Crippen LogP contribution in [-0.2, 0) is 11.3 Å². The van der Waals surface area contributed by atoms with E-state index in [0.29, 0.717) is 22.6 Å². The molecule has 0 aliphatic rings. The van der Waals surface area contributed by atoms with Crippen LogP contribution in [0.4, 0.5) is 10.6 Å². The number of aromatic nitrogens is 2. The van der Waals surface area contributed by atoms with Crippen molar-refractivity contribution in [3.8, 4) is 0 Å². The second kappa shape index (κ2) is 7.13. The molecule has 0 unspecified atom stereocenters. The molecule has 22 heavy (non-hydrogen) atoms. The van der Waals surface area contributed by atoms with E-state index in [4.69, 9.17) is 16.3 Å². The van der Waals surface area contributed by atoms with Crippen molar-refractivity contribution in [1.29, 1.82) is 0 Å². The fourth-order valence-electron chi connectivity index (χ4n) is 2.02. The van der Waals surface area contributed by atoms with Gasteiger partial charge in [-0.3, -0.25) is 10.2 Å². The molecule has 0 radical (unpaired) electrons.